The molecule has 8 heteroatoms. The Morgan fingerprint density at radius 2 is 2.20 bits per heavy atom. The quantitative estimate of drug-likeness (QED) is 0.803. The molecule has 1 N–H and O–H groups in total. The number of nitrogens with one attached hydrogen (secondary N) is 1. The van der Waals surface area contributed by atoms with Crippen LogP contribution in [-0.2, 0) is 14.6 Å². The molecule has 0 radical (unpaired) electrons. The highest BCUT2D eigenvalue weighted by Gasteiger charge is 2.28. The predicted molar refractivity (Wildman–Crippen MR) is 99.0 cm³/mol. The lowest BCUT2D eigenvalue weighted by atomic mass is 10.1. The van der Waals surface area contributed by atoms with Crippen LogP contribution in [0.5, 0.6) is 0 Å². The zero-order valence-corrected chi connectivity index (χ0v) is 15.9. The van der Waals surface area contributed by atoms with E-state index in [-0.39, 0.29) is 29.2 Å². The number of benzene rings is 1. The van der Waals surface area contributed by atoms with E-state index in [9.17, 15) is 13.2 Å². The number of hydrogen-bond acceptors (Lipinski definition) is 5. The maximum Gasteiger partial charge on any atom is 0.230 e. The van der Waals surface area contributed by atoms with E-state index in [0.29, 0.717) is 6.42 Å². The van der Waals surface area contributed by atoms with Gasteiger partial charge in [-0.3, -0.25) is 9.36 Å². The Bertz CT molecular complexity index is 890. The predicted octanol–water partition coefficient (Wildman–Crippen LogP) is 1.88. The maximum atomic E-state index is 12.1. The van der Waals surface area contributed by atoms with E-state index in [1.165, 1.54) is 11.8 Å². The van der Waals surface area contributed by atoms with Gasteiger partial charge in [-0.1, -0.05) is 23.9 Å². The smallest absolute Gasteiger partial charge is 0.230 e. The van der Waals surface area contributed by atoms with E-state index >= 15 is 0 Å². The minimum atomic E-state index is -2.99. The Morgan fingerprint density at radius 1 is 1.40 bits per heavy atom. The summed E-state index contributed by atoms with van der Waals surface area (Å²) in [5.74, 6) is 0.240. The van der Waals surface area contributed by atoms with Gasteiger partial charge in [0.2, 0.25) is 5.91 Å². The van der Waals surface area contributed by atoms with E-state index in [1.54, 1.807) is 6.20 Å². The van der Waals surface area contributed by atoms with Gasteiger partial charge in [-0.05, 0) is 37.5 Å². The first-order valence-corrected chi connectivity index (χ1v) is 10.9. The van der Waals surface area contributed by atoms with Crippen LogP contribution >= 0.6 is 11.8 Å². The van der Waals surface area contributed by atoms with Gasteiger partial charge in [0.05, 0.1) is 22.9 Å². The van der Waals surface area contributed by atoms with Gasteiger partial charge in [0.1, 0.15) is 0 Å². The van der Waals surface area contributed by atoms with E-state index in [4.69, 9.17) is 0 Å². The summed E-state index contributed by atoms with van der Waals surface area (Å²) in [4.78, 5) is 16.5. The molecule has 3 rings (SSSR count). The topological polar surface area (TPSA) is 81.1 Å². The first kappa shape index (κ1) is 18.0. The molecule has 2 heterocycles. The molecule has 1 aromatic heterocycles. The number of rotatable bonds is 5. The summed E-state index contributed by atoms with van der Waals surface area (Å²) < 4.78 is 24.9. The molecular weight excluding hydrogens is 358 g/mol. The third kappa shape index (κ3) is 4.43. The van der Waals surface area contributed by atoms with Crippen molar-refractivity contribution in [3.8, 4) is 5.69 Å². The van der Waals surface area contributed by atoms with Gasteiger partial charge in [0.15, 0.2) is 15.0 Å². The molecule has 1 atom stereocenters. The molecule has 1 saturated heterocycles. The Kier molecular flexibility index (Phi) is 5.19. The number of carbonyl (C=O) groups is 1. The van der Waals surface area contributed by atoms with E-state index < -0.39 is 9.84 Å². The van der Waals surface area contributed by atoms with Crippen LogP contribution in [0.2, 0.25) is 0 Å². The van der Waals surface area contributed by atoms with Gasteiger partial charge in [-0.15, -0.1) is 0 Å². The van der Waals surface area contributed by atoms with Gasteiger partial charge in [0.25, 0.3) is 0 Å². The summed E-state index contributed by atoms with van der Waals surface area (Å²) in [7, 11) is -2.99. The molecule has 134 valence electrons. The third-order valence-corrected chi connectivity index (χ3v) is 6.90. The monoisotopic (exact) mass is 379 g/mol. The molecule has 1 amide bonds. The number of amides is 1. The van der Waals surface area contributed by atoms with E-state index in [1.807, 2.05) is 24.6 Å². The normalized spacial score (nSPS) is 19.0. The lowest BCUT2D eigenvalue weighted by Crippen LogP contribution is -2.36. The number of aromatic nitrogens is 2. The summed E-state index contributed by atoms with van der Waals surface area (Å²) in [6.07, 6.45) is 4.09. The molecule has 0 aliphatic carbocycles. The van der Waals surface area contributed by atoms with Crippen LogP contribution < -0.4 is 5.32 Å². The summed E-state index contributed by atoms with van der Waals surface area (Å²) in [6, 6.07) is 5.94. The second kappa shape index (κ2) is 7.21. The van der Waals surface area contributed by atoms with Crippen LogP contribution in [0.1, 0.15) is 17.5 Å². The molecular formula is C17H21N3O3S2. The number of imidazole rings is 1. The van der Waals surface area contributed by atoms with Crippen molar-refractivity contribution in [2.75, 3.05) is 17.3 Å². The Balaban J connectivity index is 1.64. The van der Waals surface area contributed by atoms with Crippen molar-refractivity contribution in [1.29, 1.82) is 0 Å². The SMILES string of the molecule is Cc1ccc(C)c(-n2ccnc2SCC(=O)NC2CCS(=O)(=O)C2)c1. The molecule has 1 aromatic carbocycles. The van der Waals surface area contributed by atoms with E-state index in [2.05, 4.69) is 28.5 Å². The molecule has 0 spiro atoms. The van der Waals surface area contributed by atoms with Crippen molar-refractivity contribution in [3.63, 3.8) is 0 Å². The molecule has 25 heavy (non-hydrogen) atoms. The van der Waals surface area contributed by atoms with Crippen LogP contribution in [0.4, 0.5) is 0 Å². The highest BCUT2D eigenvalue weighted by atomic mass is 32.2. The number of hydrogen-bond donors (Lipinski definition) is 1. The number of thioether (sulfide) groups is 1. The molecule has 1 unspecified atom stereocenters. The molecule has 0 saturated carbocycles. The Morgan fingerprint density at radius 3 is 2.92 bits per heavy atom. The standard InChI is InChI=1S/C17H21N3O3S2/c1-12-3-4-13(2)15(9-12)20-7-6-18-17(20)24-10-16(21)19-14-5-8-25(22,23)11-14/h3-4,6-7,9,14H,5,8,10-11H2,1-2H3,(H,19,21). The zero-order chi connectivity index (χ0) is 18.0. The van der Waals surface area contributed by atoms with Crippen LogP contribution in [0.15, 0.2) is 35.7 Å². The van der Waals surface area contributed by atoms with Crippen molar-refractivity contribution < 1.29 is 13.2 Å². The van der Waals surface area contributed by atoms with Crippen molar-refractivity contribution >= 4 is 27.5 Å². The van der Waals surface area contributed by atoms with Gasteiger partial charge in [0, 0.05) is 18.4 Å². The lowest BCUT2D eigenvalue weighted by molar-refractivity contribution is -0.119. The Labute approximate surface area is 152 Å². The average molecular weight is 380 g/mol. The van der Waals surface area contributed by atoms with Crippen molar-refractivity contribution in [2.45, 2.75) is 31.5 Å². The number of carbonyl (C=O) groups excluding carboxylic acids is 1. The van der Waals surface area contributed by atoms with E-state index in [0.717, 1.165) is 22.0 Å². The molecule has 2 aromatic rings. The van der Waals surface area contributed by atoms with Gasteiger partial charge >= 0.3 is 0 Å². The zero-order valence-electron chi connectivity index (χ0n) is 14.2. The second-order valence-electron chi connectivity index (χ2n) is 6.33. The summed E-state index contributed by atoms with van der Waals surface area (Å²) >= 11 is 1.34. The molecule has 1 fully saturated rings. The van der Waals surface area contributed by atoms with Crippen LogP contribution in [0.3, 0.4) is 0 Å². The fourth-order valence-electron chi connectivity index (χ4n) is 2.87. The molecule has 0 bridgehead atoms. The Hall–Kier alpha value is -1.80. The first-order chi connectivity index (χ1) is 11.8. The molecule has 6 nitrogen and oxygen atoms in total. The fraction of sp³-hybridized carbons (Fsp3) is 0.412. The van der Waals surface area contributed by atoms with Gasteiger partial charge in [-0.25, -0.2) is 13.4 Å². The summed E-state index contributed by atoms with van der Waals surface area (Å²) in [6.45, 7) is 4.08. The summed E-state index contributed by atoms with van der Waals surface area (Å²) in [5.41, 5.74) is 3.33. The van der Waals surface area contributed by atoms with Gasteiger partial charge in [-0.2, -0.15) is 0 Å². The number of sulfone groups is 1. The van der Waals surface area contributed by atoms with Crippen LogP contribution in [0.25, 0.3) is 5.69 Å². The van der Waals surface area contributed by atoms with Gasteiger partial charge < -0.3 is 5.32 Å². The second-order valence-corrected chi connectivity index (χ2v) is 9.50. The van der Waals surface area contributed by atoms with Crippen molar-refractivity contribution in [1.82, 2.24) is 14.9 Å². The summed E-state index contributed by atoms with van der Waals surface area (Å²) in [5, 5.41) is 3.54. The first-order valence-electron chi connectivity index (χ1n) is 8.07. The molecule has 1 aliphatic heterocycles. The fourth-order valence-corrected chi connectivity index (χ4v) is 5.32. The minimum absolute atomic E-state index is 0.0422. The largest absolute Gasteiger partial charge is 0.352 e. The van der Waals surface area contributed by atoms with Crippen LogP contribution in [0, 0.1) is 13.8 Å². The third-order valence-electron chi connectivity index (χ3n) is 4.16. The number of aryl methyl sites for hydroxylation is 2. The van der Waals surface area contributed by atoms with Crippen LogP contribution in [-0.4, -0.2) is 47.2 Å². The maximum absolute atomic E-state index is 12.1. The minimum Gasteiger partial charge on any atom is -0.352 e. The lowest BCUT2D eigenvalue weighted by Gasteiger charge is -2.13. The van der Waals surface area contributed by atoms with Crippen molar-refractivity contribution in [2.24, 2.45) is 0 Å². The number of nitrogens with zero attached hydrogens (tertiary/aromatic N) is 2. The highest BCUT2D eigenvalue weighted by molar-refractivity contribution is 7.99. The average Bonchev–Trinajstić information content (AvgIpc) is 3.14. The highest BCUT2D eigenvalue weighted by Crippen LogP contribution is 2.23. The van der Waals surface area contributed by atoms with Crippen molar-refractivity contribution in [3.05, 3.63) is 41.7 Å². The molecule has 1 aliphatic rings.